The van der Waals surface area contributed by atoms with Gasteiger partial charge in [0.05, 0.1) is 15.7 Å². The monoisotopic (exact) mass is 509 g/mol. The van der Waals surface area contributed by atoms with Crippen molar-refractivity contribution >= 4 is 62.6 Å². The van der Waals surface area contributed by atoms with Gasteiger partial charge in [-0.3, -0.25) is 9.59 Å². The Balaban J connectivity index is 1.39. The van der Waals surface area contributed by atoms with E-state index in [0.29, 0.717) is 17.2 Å². The van der Waals surface area contributed by atoms with Crippen LogP contribution < -0.4 is 15.0 Å². The maximum atomic E-state index is 12.7. The average molecular weight is 510 g/mol. The predicted octanol–water partition coefficient (Wildman–Crippen LogP) is 3.86. The minimum absolute atomic E-state index is 0.0271. The second kappa shape index (κ2) is 8.99. The van der Waals surface area contributed by atoms with E-state index in [-0.39, 0.29) is 24.3 Å². The van der Waals surface area contributed by atoms with E-state index < -0.39 is 6.09 Å². The lowest BCUT2D eigenvalue weighted by atomic mass is 10.1. The van der Waals surface area contributed by atoms with Crippen LogP contribution in [0.1, 0.15) is 22.3 Å². The minimum Gasteiger partial charge on any atom is -0.399 e. The molecule has 3 heterocycles. The summed E-state index contributed by atoms with van der Waals surface area (Å²) in [5.74, 6) is 1.63. The SMILES string of the molecule is Cc1cc(N2CC(NC(=O)Oc3ccc(Br)s3)CC2=O)ccc1C(=O)N1CCSC1. The molecule has 30 heavy (non-hydrogen) atoms. The number of thiophene rings is 1. The molecule has 1 atom stereocenters. The van der Waals surface area contributed by atoms with Gasteiger partial charge in [0, 0.05) is 36.5 Å². The Bertz CT molecular complexity index is 990. The number of nitrogens with one attached hydrogen (secondary N) is 1. The fraction of sp³-hybridized carbons (Fsp3) is 0.350. The minimum atomic E-state index is -0.579. The highest BCUT2D eigenvalue weighted by Crippen LogP contribution is 2.29. The number of rotatable bonds is 4. The number of amides is 3. The van der Waals surface area contributed by atoms with Gasteiger partial charge < -0.3 is 19.9 Å². The summed E-state index contributed by atoms with van der Waals surface area (Å²) in [5.41, 5.74) is 2.22. The molecule has 10 heteroatoms. The summed E-state index contributed by atoms with van der Waals surface area (Å²) in [4.78, 5) is 40.8. The van der Waals surface area contributed by atoms with Crippen molar-refractivity contribution in [3.63, 3.8) is 0 Å². The predicted molar refractivity (Wildman–Crippen MR) is 121 cm³/mol. The Morgan fingerprint density at radius 1 is 1.27 bits per heavy atom. The third kappa shape index (κ3) is 4.65. The van der Waals surface area contributed by atoms with E-state index >= 15 is 0 Å². The number of ether oxygens (including phenoxy) is 1. The summed E-state index contributed by atoms with van der Waals surface area (Å²) in [6.07, 6.45) is -0.377. The molecule has 0 spiro atoms. The molecule has 2 aromatic rings. The van der Waals surface area contributed by atoms with Gasteiger partial charge in [-0.1, -0.05) is 11.3 Å². The molecule has 2 saturated heterocycles. The Morgan fingerprint density at radius 2 is 2.10 bits per heavy atom. The summed E-state index contributed by atoms with van der Waals surface area (Å²) in [6, 6.07) is 8.60. The van der Waals surface area contributed by atoms with Crippen molar-refractivity contribution in [2.24, 2.45) is 0 Å². The van der Waals surface area contributed by atoms with Crippen LogP contribution in [0.5, 0.6) is 5.06 Å². The van der Waals surface area contributed by atoms with Crippen LogP contribution in [0.3, 0.4) is 0 Å². The number of benzene rings is 1. The normalized spacial score (nSPS) is 18.7. The van der Waals surface area contributed by atoms with E-state index in [0.717, 1.165) is 33.2 Å². The molecule has 0 bridgehead atoms. The van der Waals surface area contributed by atoms with Gasteiger partial charge in [0.2, 0.25) is 5.91 Å². The van der Waals surface area contributed by atoms with Gasteiger partial charge in [-0.2, -0.15) is 0 Å². The first-order chi connectivity index (χ1) is 14.4. The molecule has 4 rings (SSSR count). The molecule has 2 aliphatic rings. The van der Waals surface area contributed by atoms with Crippen LogP contribution in [-0.4, -0.2) is 53.6 Å². The number of hydrogen-bond acceptors (Lipinski definition) is 6. The Hall–Kier alpha value is -2.04. The van der Waals surface area contributed by atoms with Crippen LogP contribution >= 0.6 is 39.0 Å². The zero-order valence-corrected chi connectivity index (χ0v) is 19.4. The van der Waals surface area contributed by atoms with Crippen molar-refractivity contribution in [2.75, 3.05) is 29.6 Å². The molecule has 2 fully saturated rings. The van der Waals surface area contributed by atoms with E-state index in [9.17, 15) is 14.4 Å². The molecule has 2 aliphatic heterocycles. The van der Waals surface area contributed by atoms with E-state index in [1.165, 1.54) is 11.3 Å². The average Bonchev–Trinajstić information content (AvgIpc) is 3.43. The molecule has 1 aromatic carbocycles. The van der Waals surface area contributed by atoms with Crippen molar-refractivity contribution in [1.29, 1.82) is 0 Å². The van der Waals surface area contributed by atoms with Crippen molar-refractivity contribution < 1.29 is 19.1 Å². The van der Waals surface area contributed by atoms with Crippen molar-refractivity contribution in [3.8, 4) is 5.06 Å². The standard InChI is InChI=1S/C20H20BrN3O4S2/c1-12-8-14(2-3-15(12)19(26)23-6-7-29-11-23)24-10-13(9-17(24)25)22-20(27)28-18-5-4-16(21)30-18/h2-5,8,13H,6-7,9-11H2,1H3,(H,22,27). The number of thioether (sulfide) groups is 1. The molecule has 158 valence electrons. The third-order valence-electron chi connectivity index (χ3n) is 4.98. The lowest BCUT2D eigenvalue weighted by Gasteiger charge is -2.20. The highest BCUT2D eigenvalue weighted by molar-refractivity contribution is 9.11. The maximum absolute atomic E-state index is 12.7. The summed E-state index contributed by atoms with van der Waals surface area (Å²) in [7, 11) is 0. The molecule has 3 amide bonds. The third-order valence-corrected chi connectivity index (χ3v) is 7.45. The quantitative estimate of drug-likeness (QED) is 0.676. The summed E-state index contributed by atoms with van der Waals surface area (Å²) >= 11 is 6.38. The zero-order valence-electron chi connectivity index (χ0n) is 16.2. The van der Waals surface area contributed by atoms with Gasteiger partial charge in [-0.25, -0.2) is 4.79 Å². The van der Waals surface area contributed by atoms with Crippen LogP contribution in [-0.2, 0) is 4.79 Å². The van der Waals surface area contributed by atoms with Gasteiger partial charge in [-0.15, -0.1) is 11.8 Å². The number of nitrogens with zero attached hydrogens (tertiary/aromatic N) is 2. The summed E-state index contributed by atoms with van der Waals surface area (Å²) in [6.45, 7) is 3.01. The number of halogens is 1. The largest absolute Gasteiger partial charge is 0.413 e. The zero-order chi connectivity index (χ0) is 21.3. The number of carbonyl (C=O) groups excluding carboxylic acids is 3. The van der Waals surface area contributed by atoms with Gasteiger partial charge >= 0.3 is 6.09 Å². The highest BCUT2D eigenvalue weighted by atomic mass is 79.9. The van der Waals surface area contributed by atoms with Crippen LogP contribution in [0.4, 0.5) is 10.5 Å². The van der Waals surface area contributed by atoms with Crippen molar-refractivity contribution in [1.82, 2.24) is 10.2 Å². The topological polar surface area (TPSA) is 79.0 Å². The first-order valence-electron chi connectivity index (χ1n) is 9.42. The van der Waals surface area contributed by atoms with E-state index in [1.54, 1.807) is 40.9 Å². The van der Waals surface area contributed by atoms with E-state index in [1.807, 2.05) is 17.9 Å². The maximum Gasteiger partial charge on any atom is 0.413 e. The fourth-order valence-electron chi connectivity index (χ4n) is 3.49. The molecule has 1 aromatic heterocycles. The fourth-order valence-corrected chi connectivity index (χ4v) is 5.63. The van der Waals surface area contributed by atoms with Gasteiger partial charge in [-0.05, 0) is 58.7 Å². The number of aryl methyl sites for hydroxylation is 1. The van der Waals surface area contributed by atoms with Gasteiger partial charge in [0.1, 0.15) is 0 Å². The second-order valence-corrected chi connectivity index (χ2v) is 10.6. The first-order valence-corrected chi connectivity index (χ1v) is 12.2. The summed E-state index contributed by atoms with van der Waals surface area (Å²) in [5, 5.41) is 3.23. The molecular weight excluding hydrogens is 490 g/mol. The van der Waals surface area contributed by atoms with E-state index in [2.05, 4.69) is 21.2 Å². The lowest BCUT2D eigenvalue weighted by Crippen LogP contribution is -2.38. The van der Waals surface area contributed by atoms with Crippen molar-refractivity contribution in [2.45, 2.75) is 19.4 Å². The molecular formula is C20H20BrN3O4S2. The van der Waals surface area contributed by atoms with Crippen LogP contribution in [0, 0.1) is 6.92 Å². The smallest absolute Gasteiger partial charge is 0.399 e. The Morgan fingerprint density at radius 3 is 2.77 bits per heavy atom. The molecule has 0 aliphatic carbocycles. The van der Waals surface area contributed by atoms with Crippen LogP contribution in [0.15, 0.2) is 34.1 Å². The first kappa shape index (κ1) is 21.2. The molecule has 1 N–H and O–H groups in total. The van der Waals surface area contributed by atoms with Gasteiger partial charge in [0.15, 0.2) is 5.06 Å². The molecule has 0 radical (unpaired) electrons. The molecule has 7 nitrogen and oxygen atoms in total. The number of hydrogen-bond donors (Lipinski definition) is 1. The van der Waals surface area contributed by atoms with Gasteiger partial charge in [0.25, 0.3) is 5.91 Å². The number of anilines is 1. The Kier molecular flexibility index (Phi) is 6.35. The van der Waals surface area contributed by atoms with E-state index in [4.69, 9.17) is 4.74 Å². The molecule has 0 saturated carbocycles. The number of carbonyl (C=O) groups is 3. The second-order valence-electron chi connectivity index (χ2n) is 7.10. The Labute approximate surface area is 190 Å². The van der Waals surface area contributed by atoms with Crippen molar-refractivity contribution in [3.05, 3.63) is 45.2 Å². The summed E-state index contributed by atoms with van der Waals surface area (Å²) < 4.78 is 6.12. The van der Waals surface area contributed by atoms with Crippen LogP contribution in [0.25, 0.3) is 0 Å². The van der Waals surface area contributed by atoms with Crippen LogP contribution in [0.2, 0.25) is 0 Å². The molecule has 1 unspecified atom stereocenters. The lowest BCUT2D eigenvalue weighted by molar-refractivity contribution is -0.117. The highest BCUT2D eigenvalue weighted by Gasteiger charge is 2.32.